The Bertz CT molecular complexity index is 479. The number of hydrogen-bond donors (Lipinski definition) is 3. The molecule has 2 amide bonds. The summed E-state index contributed by atoms with van der Waals surface area (Å²) < 4.78 is 25.8. The molecule has 112 valence electrons. The Hall–Kier alpha value is -1.73. The molecular formula is C13H18F2N2O3. The zero-order valence-electron chi connectivity index (χ0n) is 11.4. The summed E-state index contributed by atoms with van der Waals surface area (Å²) in [4.78, 5) is 13.1. The largest absolute Gasteiger partial charge is 0.396 e. The highest BCUT2D eigenvalue weighted by atomic mass is 19.2. The Labute approximate surface area is 115 Å². The third-order valence-corrected chi connectivity index (χ3v) is 2.90. The molecule has 0 heterocycles. The quantitative estimate of drug-likeness (QED) is 0.767. The molecule has 0 saturated heterocycles. The van der Waals surface area contributed by atoms with Crippen LogP contribution in [0.2, 0.25) is 0 Å². The topological polar surface area (TPSA) is 72.8 Å². The molecule has 0 atom stereocenters. The number of nitrogens with zero attached hydrogens (tertiary/aromatic N) is 1. The molecule has 0 aliphatic carbocycles. The number of carbonyl (C=O) groups excluding carboxylic acids is 1. The van der Waals surface area contributed by atoms with Crippen LogP contribution in [-0.4, -0.2) is 48.0 Å². The molecule has 1 aromatic carbocycles. The zero-order chi connectivity index (χ0) is 15.3. The summed E-state index contributed by atoms with van der Waals surface area (Å²) in [5.41, 5.74) is -0.712. The number of carbonyl (C=O) groups is 1. The first-order chi connectivity index (χ1) is 9.31. The second-order valence-electron chi connectivity index (χ2n) is 5.04. The van der Waals surface area contributed by atoms with Crippen molar-refractivity contribution >= 4 is 11.7 Å². The van der Waals surface area contributed by atoms with Crippen LogP contribution in [0.1, 0.15) is 6.92 Å². The molecule has 0 radical (unpaired) electrons. The predicted molar refractivity (Wildman–Crippen MR) is 70.3 cm³/mol. The Morgan fingerprint density at radius 2 is 1.90 bits per heavy atom. The molecule has 0 unspecified atom stereocenters. The van der Waals surface area contributed by atoms with E-state index in [1.165, 1.54) is 18.0 Å². The van der Waals surface area contributed by atoms with Crippen LogP contribution in [0, 0.1) is 17.0 Å². The van der Waals surface area contributed by atoms with Gasteiger partial charge in [-0.3, -0.25) is 0 Å². The summed E-state index contributed by atoms with van der Waals surface area (Å²) in [6.07, 6.45) is 0. The van der Waals surface area contributed by atoms with Crippen molar-refractivity contribution in [1.29, 1.82) is 0 Å². The number of nitrogens with one attached hydrogen (secondary N) is 1. The summed E-state index contributed by atoms with van der Waals surface area (Å²) in [5.74, 6) is -2.05. The zero-order valence-corrected chi connectivity index (χ0v) is 11.4. The number of aliphatic hydroxyl groups excluding tert-OH is 2. The van der Waals surface area contributed by atoms with E-state index in [2.05, 4.69) is 5.32 Å². The fourth-order valence-electron chi connectivity index (χ4n) is 1.59. The lowest BCUT2D eigenvalue weighted by atomic mass is 9.92. The molecule has 5 nitrogen and oxygen atoms in total. The number of aliphatic hydroxyl groups is 2. The third-order valence-electron chi connectivity index (χ3n) is 2.90. The normalized spacial score (nSPS) is 11.3. The van der Waals surface area contributed by atoms with Crippen LogP contribution in [0.5, 0.6) is 0 Å². The summed E-state index contributed by atoms with van der Waals surface area (Å²) in [6, 6.07) is 2.47. The van der Waals surface area contributed by atoms with Crippen LogP contribution < -0.4 is 5.32 Å². The van der Waals surface area contributed by atoms with Crippen LogP contribution in [0.3, 0.4) is 0 Å². The SMILES string of the molecule is CN(CC(C)(CO)CO)C(=O)Nc1ccc(F)c(F)c1. The highest BCUT2D eigenvalue weighted by Crippen LogP contribution is 2.17. The Morgan fingerprint density at radius 3 is 2.40 bits per heavy atom. The number of urea groups is 1. The summed E-state index contributed by atoms with van der Waals surface area (Å²) >= 11 is 0. The maximum atomic E-state index is 13.0. The average Bonchev–Trinajstić information content (AvgIpc) is 2.42. The van der Waals surface area contributed by atoms with E-state index in [1.807, 2.05) is 0 Å². The van der Waals surface area contributed by atoms with E-state index in [1.54, 1.807) is 6.92 Å². The van der Waals surface area contributed by atoms with Gasteiger partial charge in [-0.2, -0.15) is 0 Å². The number of halogens is 2. The van der Waals surface area contributed by atoms with Gasteiger partial charge in [0.05, 0.1) is 13.2 Å². The molecule has 0 saturated carbocycles. The van der Waals surface area contributed by atoms with Gasteiger partial charge in [-0.15, -0.1) is 0 Å². The first-order valence-electron chi connectivity index (χ1n) is 6.00. The molecule has 0 fully saturated rings. The number of anilines is 1. The van der Waals surface area contributed by atoms with Crippen molar-refractivity contribution in [3.8, 4) is 0 Å². The number of amides is 2. The number of hydrogen-bond acceptors (Lipinski definition) is 3. The van der Waals surface area contributed by atoms with E-state index < -0.39 is 23.1 Å². The molecule has 0 aromatic heterocycles. The number of benzene rings is 1. The highest BCUT2D eigenvalue weighted by molar-refractivity contribution is 5.89. The fraction of sp³-hybridized carbons (Fsp3) is 0.462. The smallest absolute Gasteiger partial charge is 0.321 e. The van der Waals surface area contributed by atoms with Gasteiger partial charge in [-0.25, -0.2) is 13.6 Å². The van der Waals surface area contributed by atoms with E-state index in [-0.39, 0.29) is 25.4 Å². The van der Waals surface area contributed by atoms with Crippen molar-refractivity contribution in [3.05, 3.63) is 29.8 Å². The molecule has 1 rings (SSSR count). The van der Waals surface area contributed by atoms with E-state index >= 15 is 0 Å². The van der Waals surface area contributed by atoms with E-state index in [4.69, 9.17) is 10.2 Å². The van der Waals surface area contributed by atoms with Crippen molar-refractivity contribution in [3.63, 3.8) is 0 Å². The van der Waals surface area contributed by atoms with Crippen molar-refractivity contribution in [2.75, 3.05) is 32.1 Å². The minimum absolute atomic E-state index is 0.107. The van der Waals surface area contributed by atoms with Gasteiger partial charge in [0.1, 0.15) is 0 Å². The Morgan fingerprint density at radius 1 is 1.30 bits per heavy atom. The second kappa shape index (κ2) is 6.62. The van der Waals surface area contributed by atoms with Crippen molar-refractivity contribution < 1.29 is 23.8 Å². The summed E-state index contributed by atoms with van der Waals surface area (Å²) in [7, 11) is 1.47. The van der Waals surface area contributed by atoms with E-state index in [0.29, 0.717) is 0 Å². The molecular weight excluding hydrogens is 270 g/mol. The molecule has 0 aliphatic heterocycles. The van der Waals surface area contributed by atoms with Crippen molar-refractivity contribution in [1.82, 2.24) is 4.90 Å². The molecule has 7 heteroatoms. The van der Waals surface area contributed by atoms with E-state index in [9.17, 15) is 13.6 Å². The standard InChI is InChI=1S/C13H18F2N2O3/c1-13(7-18,8-19)6-17(2)12(20)16-9-3-4-10(14)11(15)5-9/h3-5,18-19H,6-8H2,1-2H3,(H,16,20). The van der Waals surface area contributed by atoms with Gasteiger partial charge in [0.15, 0.2) is 11.6 Å². The lowest BCUT2D eigenvalue weighted by Gasteiger charge is -2.30. The maximum absolute atomic E-state index is 13.0. The van der Waals surface area contributed by atoms with Crippen LogP contribution in [0.4, 0.5) is 19.3 Å². The minimum Gasteiger partial charge on any atom is -0.396 e. The van der Waals surface area contributed by atoms with Crippen LogP contribution >= 0.6 is 0 Å². The molecule has 0 aliphatic rings. The van der Waals surface area contributed by atoms with Crippen LogP contribution in [0.25, 0.3) is 0 Å². The third kappa shape index (κ3) is 4.14. The molecule has 20 heavy (non-hydrogen) atoms. The van der Waals surface area contributed by atoms with E-state index in [0.717, 1.165) is 12.1 Å². The minimum atomic E-state index is -1.05. The molecule has 1 aromatic rings. The monoisotopic (exact) mass is 288 g/mol. The van der Waals surface area contributed by atoms with Gasteiger partial charge in [0, 0.05) is 30.8 Å². The first kappa shape index (κ1) is 16.3. The van der Waals surface area contributed by atoms with Gasteiger partial charge in [-0.1, -0.05) is 6.92 Å². The predicted octanol–water partition coefficient (Wildman–Crippen LogP) is 1.42. The Balaban J connectivity index is 2.68. The summed E-state index contributed by atoms with van der Waals surface area (Å²) in [6.45, 7) is 1.16. The van der Waals surface area contributed by atoms with Crippen LogP contribution in [-0.2, 0) is 0 Å². The van der Waals surface area contributed by atoms with Crippen molar-refractivity contribution in [2.24, 2.45) is 5.41 Å². The summed E-state index contributed by atoms with van der Waals surface area (Å²) in [5, 5.41) is 20.7. The van der Waals surface area contributed by atoms with Crippen LogP contribution in [0.15, 0.2) is 18.2 Å². The molecule has 0 bridgehead atoms. The maximum Gasteiger partial charge on any atom is 0.321 e. The molecule has 0 spiro atoms. The lowest BCUT2D eigenvalue weighted by molar-refractivity contribution is 0.0509. The molecule has 3 N–H and O–H groups in total. The van der Waals surface area contributed by atoms with Gasteiger partial charge >= 0.3 is 6.03 Å². The highest BCUT2D eigenvalue weighted by Gasteiger charge is 2.26. The van der Waals surface area contributed by atoms with Gasteiger partial charge in [0.25, 0.3) is 0 Å². The fourth-order valence-corrected chi connectivity index (χ4v) is 1.59. The number of rotatable bonds is 5. The van der Waals surface area contributed by atoms with Gasteiger partial charge in [0.2, 0.25) is 0 Å². The second-order valence-corrected chi connectivity index (χ2v) is 5.04. The van der Waals surface area contributed by atoms with Gasteiger partial charge in [-0.05, 0) is 12.1 Å². The lowest BCUT2D eigenvalue weighted by Crippen LogP contribution is -2.43. The van der Waals surface area contributed by atoms with Gasteiger partial charge < -0.3 is 20.4 Å². The average molecular weight is 288 g/mol. The first-order valence-corrected chi connectivity index (χ1v) is 6.00. The van der Waals surface area contributed by atoms with Crippen molar-refractivity contribution in [2.45, 2.75) is 6.92 Å². The Kier molecular flexibility index (Phi) is 5.41.